The van der Waals surface area contributed by atoms with Gasteiger partial charge in [-0.05, 0) is 36.7 Å². The van der Waals surface area contributed by atoms with Crippen LogP contribution in [0, 0.1) is 5.82 Å². The smallest absolute Gasteiger partial charge is 0.359 e. The number of para-hydroxylation sites is 1. The summed E-state index contributed by atoms with van der Waals surface area (Å²) in [4.78, 5) is 4.16. The molecule has 2 aromatic rings. The van der Waals surface area contributed by atoms with Crippen LogP contribution < -0.4 is 10.1 Å². The van der Waals surface area contributed by atoms with E-state index in [0.717, 1.165) is 25.9 Å². The molecule has 1 aromatic carbocycles. The van der Waals surface area contributed by atoms with Crippen LogP contribution in [0.25, 0.3) is 0 Å². The first-order valence-electron chi connectivity index (χ1n) is 6.29. The summed E-state index contributed by atoms with van der Waals surface area (Å²) in [6.07, 6.45) is 2.09. The van der Waals surface area contributed by atoms with Crippen molar-refractivity contribution in [1.29, 1.82) is 0 Å². The molecule has 2 heterocycles. The molecule has 20 heavy (non-hydrogen) atoms. The Morgan fingerprint density at radius 1 is 1.35 bits per heavy atom. The first-order chi connectivity index (χ1) is 9.33. The zero-order valence-electron chi connectivity index (χ0n) is 10.7. The summed E-state index contributed by atoms with van der Waals surface area (Å²) < 4.78 is 23.9. The van der Waals surface area contributed by atoms with E-state index in [1.807, 2.05) is 0 Å². The Hall–Kier alpha value is -1.66. The summed E-state index contributed by atoms with van der Waals surface area (Å²) in [6.45, 7) is 1.84. The summed E-state index contributed by atoms with van der Waals surface area (Å²) in [6, 6.07) is 6.17. The molecule has 0 aliphatic carbocycles. The van der Waals surface area contributed by atoms with E-state index in [0.29, 0.717) is 5.89 Å². The van der Waals surface area contributed by atoms with E-state index in [1.54, 1.807) is 12.1 Å². The molecule has 1 N–H and O–H groups in total. The van der Waals surface area contributed by atoms with Crippen molar-refractivity contribution in [2.45, 2.75) is 18.8 Å². The fourth-order valence-corrected chi connectivity index (χ4v) is 2.12. The molecule has 5 nitrogen and oxygen atoms in total. The van der Waals surface area contributed by atoms with Gasteiger partial charge in [-0.2, -0.15) is 4.98 Å². The van der Waals surface area contributed by atoms with Gasteiger partial charge in [0.2, 0.25) is 5.89 Å². The van der Waals surface area contributed by atoms with Crippen LogP contribution in [-0.4, -0.2) is 23.2 Å². The lowest BCUT2D eigenvalue weighted by molar-refractivity contribution is 0.309. The van der Waals surface area contributed by atoms with Crippen LogP contribution in [0.5, 0.6) is 11.8 Å². The molecule has 1 aliphatic heterocycles. The van der Waals surface area contributed by atoms with Gasteiger partial charge in [0.25, 0.3) is 0 Å². The highest BCUT2D eigenvalue weighted by molar-refractivity contribution is 5.85. The van der Waals surface area contributed by atoms with E-state index < -0.39 is 5.82 Å². The minimum absolute atomic E-state index is 0. The van der Waals surface area contributed by atoms with Crippen LogP contribution in [0.2, 0.25) is 0 Å². The lowest BCUT2D eigenvalue weighted by atomic mass is 10.00. The fraction of sp³-hybridized carbons (Fsp3) is 0.385. The van der Waals surface area contributed by atoms with Gasteiger partial charge in [-0.3, -0.25) is 0 Å². The minimum atomic E-state index is -0.451. The molecule has 7 heteroatoms. The number of ether oxygens (including phenoxy) is 1. The minimum Gasteiger partial charge on any atom is -0.419 e. The Balaban J connectivity index is 0.00000147. The average molecular weight is 300 g/mol. The van der Waals surface area contributed by atoms with Crippen LogP contribution in [0.15, 0.2) is 28.8 Å². The van der Waals surface area contributed by atoms with Crippen LogP contribution >= 0.6 is 12.4 Å². The molecule has 1 atom stereocenters. The highest BCUT2D eigenvalue weighted by atomic mass is 35.5. The van der Waals surface area contributed by atoms with Crippen molar-refractivity contribution in [1.82, 2.24) is 15.5 Å². The molecular formula is C13H15ClFN3O2. The maximum atomic E-state index is 13.4. The lowest BCUT2D eigenvalue weighted by Gasteiger charge is -2.18. The summed E-state index contributed by atoms with van der Waals surface area (Å²) in [5, 5.41) is 7.00. The topological polar surface area (TPSA) is 60.2 Å². The molecule has 1 fully saturated rings. The Morgan fingerprint density at radius 2 is 2.20 bits per heavy atom. The molecule has 0 radical (unpaired) electrons. The van der Waals surface area contributed by atoms with Crippen molar-refractivity contribution in [3.8, 4) is 11.8 Å². The fourth-order valence-electron chi connectivity index (χ4n) is 2.12. The van der Waals surface area contributed by atoms with Crippen LogP contribution in [0.4, 0.5) is 4.39 Å². The molecule has 0 saturated carbocycles. The normalized spacial score (nSPS) is 18.4. The Morgan fingerprint density at radius 3 is 2.95 bits per heavy atom. The molecule has 1 unspecified atom stereocenters. The first-order valence-corrected chi connectivity index (χ1v) is 6.29. The standard InChI is InChI=1S/C13H14FN3O2.ClH/c14-10-5-1-2-6-11(10)18-13-16-12(19-17-13)9-4-3-7-15-8-9;/h1-2,5-6,9,15H,3-4,7-8H2;1H. The van der Waals surface area contributed by atoms with Crippen molar-refractivity contribution in [3.05, 3.63) is 36.0 Å². The van der Waals surface area contributed by atoms with E-state index in [2.05, 4.69) is 15.5 Å². The van der Waals surface area contributed by atoms with Gasteiger partial charge in [0.05, 0.1) is 5.92 Å². The number of piperidine rings is 1. The molecule has 1 aliphatic rings. The van der Waals surface area contributed by atoms with E-state index in [1.165, 1.54) is 12.1 Å². The molecule has 0 spiro atoms. The number of hydrogen-bond acceptors (Lipinski definition) is 5. The summed E-state index contributed by atoms with van der Waals surface area (Å²) in [7, 11) is 0. The van der Waals surface area contributed by atoms with Gasteiger partial charge < -0.3 is 14.6 Å². The van der Waals surface area contributed by atoms with Gasteiger partial charge in [-0.15, -0.1) is 12.4 Å². The quantitative estimate of drug-likeness (QED) is 0.944. The second-order valence-corrected chi connectivity index (χ2v) is 4.49. The summed E-state index contributed by atoms with van der Waals surface area (Å²) in [5.41, 5.74) is 0. The van der Waals surface area contributed by atoms with Crippen LogP contribution in [-0.2, 0) is 0 Å². The largest absolute Gasteiger partial charge is 0.419 e. The number of benzene rings is 1. The number of hydrogen-bond donors (Lipinski definition) is 1. The summed E-state index contributed by atoms with van der Waals surface area (Å²) >= 11 is 0. The third-order valence-corrected chi connectivity index (χ3v) is 3.11. The van der Waals surface area contributed by atoms with Gasteiger partial charge >= 0.3 is 6.01 Å². The lowest BCUT2D eigenvalue weighted by Crippen LogP contribution is -2.28. The predicted octanol–water partition coefficient (Wildman–Crippen LogP) is 2.89. The van der Waals surface area contributed by atoms with E-state index in [4.69, 9.17) is 9.26 Å². The van der Waals surface area contributed by atoms with Crippen molar-refractivity contribution < 1.29 is 13.7 Å². The average Bonchev–Trinajstić information content (AvgIpc) is 2.91. The zero-order valence-corrected chi connectivity index (χ0v) is 11.5. The van der Waals surface area contributed by atoms with Crippen molar-refractivity contribution in [3.63, 3.8) is 0 Å². The maximum absolute atomic E-state index is 13.4. The van der Waals surface area contributed by atoms with Gasteiger partial charge in [0.1, 0.15) is 0 Å². The molecule has 0 bridgehead atoms. The second kappa shape index (κ2) is 6.67. The first kappa shape index (κ1) is 14.7. The van der Waals surface area contributed by atoms with Crippen LogP contribution in [0.1, 0.15) is 24.7 Å². The molecule has 1 aromatic heterocycles. The van der Waals surface area contributed by atoms with E-state index in [9.17, 15) is 4.39 Å². The Kier molecular flexibility index (Phi) is 4.92. The van der Waals surface area contributed by atoms with Crippen molar-refractivity contribution >= 4 is 12.4 Å². The van der Waals surface area contributed by atoms with Gasteiger partial charge in [-0.1, -0.05) is 12.1 Å². The molecule has 108 valence electrons. The molecule has 3 rings (SSSR count). The number of nitrogens with zero attached hydrogens (tertiary/aromatic N) is 2. The van der Waals surface area contributed by atoms with Crippen LogP contribution in [0.3, 0.4) is 0 Å². The van der Waals surface area contributed by atoms with Gasteiger partial charge in [0.15, 0.2) is 11.6 Å². The molecular weight excluding hydrogens is 285 g/mol. The highest BCUT2D eigenvalue weighted by Crippen LogP contribution is 2.26. The van der Waals surface area contributed by atoms with Gasteiger partial charge in [-0.25, -0.2) is 4.39 Å². The zero-order chi connectivity index (χ0) is 13.1. The number of halogens is 2. The third kappa shape index (κ3) is 3.26. The van der Waals surface area contributed by atoms with Crippen molar-refractivity contribution in [2.75, 3.05) is 13.1 Å². The van der Waals surface area contributed by atoms with Gasteiger partial charge in [0, 0.05) is 6.54 Å². The van der Waals surface area contributed by atoms with E-state index in [-0.39, 0.29) is 30.1 Å². The SMILES string of the molecule is Cl.Fc1ccccc1Oc1noc(C2CCCNC2)n1. The number of nitrogens with one attached hydrogen (secondary N) is 1. The number of aromatic nitrogens is 2. The number of rotatable bonds is 3. The maximum Gasteiger partial charge on any atom is 0.359 e. The molecule has 0 amide bonds. The Bertz CT molecular complexity index is 558. The third-order valence-electron chi connectivity index (χ3n) is 3.11. The predicted molar refractivity (Wildman–Crippen MR) is 72.9 cm³/mol. The Labute approximate surface area is 121 Å². The highest BCUT2D eigenvalue weighted by Gasteiger charge is 2.22. The second-order valence-electron chi connectivity index (χ2n) is 4.49. The summed E-state index contributed by atoms with van der Waals surface area (Å²) in [5.74, 6) is 0.391. The van der Waals surface area contributed by atoms with E-state index >= 15 is 0 Å². The van der Waals surface area contributed by atoms with Crippen molar-refractivity contribution in [2.24, 2.45) is 0 Å². The monoisotopic (exact) mass is 299 g/mol. The molecule has 1 saturated heterocycles.